The van der Waals surface area contributed by atoms with Crippen LogP contribution in [0, 0.1) is 0 Å². The second kappa shape index (κ2) is 18.0. The van der Waals surface area contributed by atoms with Crippen LogP contribution in [0.15, 0.2) is 61.2 Å². The highest BCUT2D eigenvalue weighted by atomic mass is 16.5. The second-order valence-corrected chi connectivity index (χ2v) is 19.1. The fourth-order valence-electron chi connectivity index (χ4n) is 7.58. The summed E-state index contributed by atoms with van der Waals surface area (Å²) in [7, 11) is 0. The minimum absolute atomic E-state index is 0.0980. The highest BCUT2D eigenvalue weighted by Crippen LogP contribution is 2.44. The molecule has 1 aliphatic carbocycles. The number of ether oxygens (including phenoxy) is 4. The molecule has 0 saturated heterocycles. The summed E-state index contributed by atoms with van der Waals surface area (Å²) in [4.78, 5) is 0. The molecule has 0 radical (unpaired) electrons. The number of rotatable bonds is 12. The monoisotopic (exact) mass is 775 g/mol. The average Bonchev–Trinajstić information content (AvgIpc) is 3.12. The van der Waals surface area contributed by atoms with Crippen molar-refractivity contribution >= 4 is 0 Å². The van der Waals surface area contributed by atoms with Gasteiger partial charge < -0.3 is 24.1 Å². The van der Waals surface area contributed by atoms with E-state index in [9.17, 15) is 5.11 Å². The van der Waals surface area contributed by atoms with Gasteiger partial charge in [-0.25, -0.2) is 0 Å². The van der Waals surface area contributed by atoms with Gasteiger partial charge in [0.25, 0.3) is 0 Å². The maximum atomic E-state index is 12.3. The Hall–Kier alpha value is -4.38. The van der Waals surface area contributed by atoms with Crippen molar-refractivity contribution in [1.82, 2.24) is 0 Å². The predicted octanol–water partition coefficient (Wildman–Crippen LogP) is 12.9. The van der Waals surface area contributed by atoms with Crippen molar-refractivity contribution < 1.29 is 24.1 Å². The normalized spacial score (nSPS) is 13.3. The third-order valence-electron chi connectivity index (χ3n) is 10.8. The zero-order valence-corrected chi connectivity index (χ0v) is 37.3. The first-order valence-corrected chi connectivity index (χ1v) is 21.3. The Morgan fingerprint density at radius 3 is 1.00 bits per heavy atom. The molecule has 0 amide bonds. The lowest BCUT2D eigenvalue weighted by molar-refractivity contribution is 0.306. The third kappa shape index (κ3) is 10.6. The summed E-state index contributed by atoms with van der Waals surface area (Å²) >= 11 is 0. The largest absolute Gasteiger partial charge is 0.507 e. The lowest BCUT2D eigenvalue weighted by Gasteiger charge is -2.28. The Bertz CT molecular complexity index is 1910. The topological polar surface area (TPSA) is 57.2 Å². The summed E-state index contributed by atoms with van der Waals surface area (Å²) < 4.78 is 26.7. The van der Waals surface area contributed by atoms with Gasteiger partial charge in [-0.2, -0.15) is 0 Å². The van der Waals surface area contributed by atoms with Gasteiger partial charge in [0.15, 0.2) is 0 Å². The number of fused-ring (bicyclic) bond motifs is 8. The molecule has 0 saturated carbocycles. The van der Waals surface area contributed by atoms with Crippen molar-refractivity contribution in [3.63, 3.8) is 0 Å². The molecule has 4 aromatic rings. The van der Waals surface area contributed by atoms with E-state index in [1.54, 1.807) is 6.08 Å². The molecule has 5 heteroatoms. The summed E-state index contributed by atoms with van der Waals surface area (Å²) in [6, 6.07) is 18.0. The van der Waals surface area contributed by atoms with Gasteiger partial charge in [-0.1, -0.05) is 132 Å². The molecule has 5 nitrogen and oxygen atoms in total. The third-order valence-corrected chi connectivity index (χ3v) is 10.8. The molecule has 0 atom stereocenters. The molecule has 5 rings (SSSR count). The van der Waals surface area contributed by atoms with Crippen LogP contribution in [0.25, 0.3) is 0 Å². The van der Waals surface area contributed by atoms with Crippen LogP contribution in [-0.2, 0) is 41.9 Å². The van der Waals surface area contributed by atoms with Gasteiger partial charge in [0.1, 0.15) is 35.4 Å². The zero-order chi connectivity index (χ0) is 41.7. The molecule has 0 fully saturated rings. The molecular formula is C52H70O5. The lowest BCUT2D eigenvalue weighted by atomic mass is 9.80. The molecule has 57 heavy (non-hydrogen) atoms. The molecule has 0 aromatic heterocycles. The van der Waals surface area contributed by atoms with Crippen LogP contribution in [-0.4, -0.2) is 31.5 Å². The van der Waals surface area contributed by atoms with Gasteiger partial charge in [0.05, 0.1) is 19.8 Å². The van der Waals surface area contributed by atoms with E-state index in [-0.39, 0.29) is 22.0 Å². The van der Waals surface area contributed by atoms with E-state index < -0.39 is 0 Å². The molecule has 0 unspecified atom stereocenters. The van der Waals surface area contributed by atoms with Crippen molar-refractivity contribution in [2.75, 3.05) is 26.4 Å². The minimum atomic E-state index is -0.127. The van der Waals surface area contributed by atoms with Crippen LogP contribution >= 0.6 is 0 Å². The molecule has 1 N–H and O–H groups in total. The summed E-state index contributed by atoms with van der Waals surface area (Å²) in [6.07, 6.45) is 6.64. The Morgan fingerprint density at radius 1 is 0.474 bits per heavy atom. The van der Waals surface area contributed by atoms with Crippen LogP contribution in [0.3, 0.4) is 0 Å². The molecule has 1 aliphatic rings. The molecule has 0 heterocycles. The van der Waals surface area contributed by atoms with Crippen LogP contribution in [0.4, 0.5) is 0 Å². The summed E-state index contributed by atoms with van der Waals surface area (Å²) in [5.41, 5.74) is 11.6. The average molecular weight is 775 g/mol. The summed E-state index contributed by atoms with van der Waals surface area (Å²) in [5.74, 6) is 3.70. The number of benzene rings is 4. The Balaban J connectivity index is 1.96. The minimum Gasteiger partial charge on any atom is -0.507 e. The van der Waals surface area contributed by atoms with Crippen molar-refractivity contribution in [2.45, 2.75) is 144 Å². The summed E-state index contributed by atoms with van der Waals surface area (Å²) in [5, 5.41) is 12.3. The second-order valence-electron chi connectivity index (χ2n) is 19.1. The molecule has 308 valence electrons. The van der Waals surface area contributed by atoms with Gasteiger partial charge in [-0.3, -0.25) is 0 Å². The van der Waals surface area contributed by atoms with Crippen LogP contribution in [0.2, 0.25) is 0 Å². The highest BCUT2D eigenvalue weighted by molar-refractivity contribution is 5.60. The van der Waals surface area contributed by atoms with E-state index in [4.69, 9.17) is 18.9 Å². The van der Waals surface area contributed by atoms with Crippen molar-refractivity contribution in [3.05, 3.63) is 122 Å². The Morgan fingerprint density at radius 2 is 0.754 bits per heavy atom. The van der Waals surface area contributed by atoms with Gasteiger partial charge in [0, 0.05) is 36.8 Å². The Kier molecular flexibility index (Phi) is 13.8. The van der Waals surface area contributed by atoms with Crippen LogP contribution in [0.1, 0.15) is 164 Å². The number of phenolic OH excluding ortho intramolecular Hbond substituents is 1. The van der Waals surface area contributed by atoms with Gasteiger partial charge in [0.2, 0.25) is 0 Å². The maximum absolute atomic E-state index is 12.3. The quantitative estimate of drug-likeness (QED) is 0.128. The molecule has 0 aliphatic heterocycles. The van der Waals surface area contributed by atoms with E-state index in [1.807, 2.05) is 12.1 Å². The van der Waals surface area contributed by atoms with E-state index in [2.05, 4.69) is 126 Å². The van der Waals surface area contributed by atoms with E-state index in [1.165, 1.54) is 16.7 Å². The van der Waals surface area contributed by atoms with E-state index in [0.29, 0.717) is 57.9 Å². The van der Waals surface area contributed by atoms with Crippen LogP contribution < -0.4 is 18.9 Å². The van der Waals surface area contributed by atoms with E-state index >= 15 is 0 Å². The number of phenols is 1. The lowest BCUT2D eigenvalue weighted by Crippen LogP contribution is -2.17. The van der Waals surface area contributed by atoms with Crippen molar-refractivity contribution in [3.8, 4) is 28.7 Å². The van der Waals surface area contributed by atoms with Crippen molar-refractivity contribution in [1.29, 1.82) is 0 Å². The molecular weight excluding hydrogens is 705 g/mol. The first-order valence-electron chi connectivity index (χ1n) is 21.3. The molecule has 8 bridgehead atoms. The van der Waals surface area contributed by atoms with Gasteiger partial charge in [-0.15, -0.1) is 0 Å². The summed E-state index contributed by atoms with van der Waals surface area (Å²) in [6.45, 7) is 33.0. The number of hydrogen-bond acceptors (Lipinski definition) is 5. The highest BCUT2D eigenvalue weighted by Gasteiger charge is 2.28. The van der Waals surface area contributed by atoms with Crippen molar-refractivity contribution in [2.24, 2.45) is 0 Å². The molecule has 4 aromatic carbocycles. The standard InChI is InChI=1S/C52H70O5/c1-14-18-54-45-32-34-22-36-26-42(50(5,6)7)28-38(47(36)55-19-15-2)24-40-30-44(52(11,12)13)31-41(49(40)57-21-17-4)25-39-29-43(51(8,9)10)27-37(48(39)56-20-16-3)23-35(33-45)46(34)53/h14,26-33,53H,1,15-25H2,2-13H3. The smallest absolute Gasteiger partial charge is 0.126 e. The van der Waals surface area contributed by atoms with Gasteiger partial charge >= 0.3 is 0 Å². The predicted molar refractivity (Wildman–Crippen MR) is 238 cm³/mol. The SMILES string of the molecule is C=CCOc1cc2c(O)c(c1)Cc1cc(C(C)(C)C)cc(c1OCCC)Cc1cc(C(C)(C)C)cc(c1OCCC)Cc1cc(C(C)(C)C)cc(c1OCCC)C2. The number of hydrogen-bond donors (Lipinski definition) is 1. The molecule has 0 spiro atoms. The fourth-order valence-corrected chi connectivity index (χ4v) is 7.58. The fraction of sp³-hybridized carbons (Fsp3) is 0.500. The number of aromatic hydroxyl groups is 1. The van der Waals surface area contributed by atoms with Gasteiger partial charge in [-0.05, 0) is 97.7 Å². The first kappa shape index (κ1) is 43.7. The first-order chi connectivity index (χ1) is 26.9. The maximum Gasteiger partial charge on any atom is 0.126 e. The van der Waals surface area contributed by atoms with Crippen LogP contribution in [0.5, 0.6) is 28.7 Å². The zero-order valence-electron chi connectivity index (χ0n) is 37.3. The Labute approximate surface area is 344 Å². The van der Waals surface area contributed by atoms with E-state index in [0.717, 1.165) is 81.0 Å².